The van der Waals surface area contributed by atoms with E-state index >= 15 is 0 Å². The van der Waals surface area contributed by atoms with Crippen molar-refractivity contribution in [2.45, 2.75) is 44.1 Å². The van der Waals surface area contributed by atoms with Gasteiger partial charge >= 0.3 is 0 Å². The topological polar surface area (TPSA) is 46.9 Å². The largest absolute Gasteiger partial charge is 0.346 e. The maximum Gasteiger partial charge on any atom is 0.256 e. The average Bonchev–Trinajstić information content (AvgIpc) is 2.67. The number of nitrogens with zero attached hydrogens (tertiary/aromatic N) is 2. The molecule has 1 aromatic rings. The van der Waals surface area contributed by atoms with Gasteiger partial charge in [0.05, 0.1) is 11.8 Å². The van der Waals surface area contributed by atoms with Crippen molar-refractivity contribution < 1.29 is 4.79 Å². The number of aryl methyl sites for hydroxylation is 1. The minimum atomic E-state index is -0.0509. The summed E-state index contributed by atoms with van der Waals surface area (Å²) in [4.78, 5) is 12.5. The van der Waals surface area contributed by atoms with Crippen LogP contribution in [0.5, 0.6) is 0 Å². The zero-order valence-electron chi connectivity index (χ0n) is 11.7. The Kier molecular flexibility index (Phi) is 2.69. The van der Waals surface area contributed by atoms with E-state index in [4.69, 9.17) is 11.6 Å². The summed E-state index contributed by atoms with van der Waals surface area (Å²) in [5, 5.41) is 7.80. The Bertz CT molecular complexity index is 530. The molecule has 1 N–H and O–H groups in total. The van der Waals surface area contributed by atoms with Gasteiger partial charge in [-0.05, 0) is 56.3 Å². The maximum absolute atomic E-state index is 12.5. The SMILES string of the molecule is Cn1ncc(C(=O)NC23CC4CC(CC(C4)C2)C3)c1Cl. The van der Waals surface area contributed by atoms with Gasteiger partial charge in [-0.3, -0.25) is 9.48 Å². The molecule has 4 saturated carbocycles. The third-order valence-electron chi connectivity index (χ3n) is 5.53. The van der Waals surface area contributed by atoms with Crippen LogP contribution in [0, 0.1) is 17.8 Å². The lowest BCUT2D eigenvalue weighted by atomic mass is 9.53. The number of hydrogen-bond acceptors (Lipinski definition) is 2. The first-order valence-corrected chi connectivity index (χ1v) is 7.92. The quantitative estimate of drug-likeness (QED) is 0.911. The third-order valence-corrected chi connectivity index (χ3v) is 5.98. The zero-order chi connectivity index (χ0) is 13.9. The normalized spacial score (nSPS) is 38.2. The standard InChI is InChI=1S/C15H20ClN3O/c1-19-13(16)12(8-17-19)14(20)18-15-5-9-2-10(6-15)4-11(3-9)7-15/h8-11H,2-7H2,1H3,(H,18,20). The van der Waals surface area contributed by atoms with Crippen LogP contribution in [0.2, 0.25) is 5.15 Å². The highest BCUT2D eigenvalue weighted by Crippen LogP contribution is 2.55. The predicted molar refractivity (Wildman–Crippen MR) is 76.6 cm³/mol. The summed E-state index contributed by atoms with van der Waals surface area (Å²) in [6.07, 6.45) is 9.17. The molecule has 0 aliphatic heterocycles. The van der Waals surface area contributed by atoms with Gasteiger partial charge in [0.25, 0.3) is 5.91 Å². The summed E-state index contributed by atoms with van der Waals surface area (Å²) in [6, 6.07) is 0. The molecule has 20 heavy (non-hydrogen) atoms. The number of carbonyl (C=O) groups is 1. The Morgan fingerprint density at radius 1 is 1.30 bits per heavy atom. The Morgan fingerprint density at radius 2 is 1.85 bits per heavy atom. The Hall–Kier alpha value is -1.03. The maximum atomic E-state index is 12.5. The molecule has 0 atom stereocenters. The average molecular weight is 294 g/mol. The molecule has 1 amide bonds. The van der Waals surface area contributed by atoms with Gasteiger partial charge in [0.1, 0.15) is 5.15 Å². The van der Waals surface area contributed by atoms with Crippen LogP contribution in [0.4, 0.5) is 0 Å². The monoisotopic (exact) mass is 293 g/mol. The number of rotatable bonds is 2. The number of hydrogen-bond donors (Lipinski definition) is 1. The van der Waals surface area contributed by atoms with Gasteiger partial charge in [-0.15, -0.1) is 0 Å². The smallest absolute Gasteiger partial charge is 0.256 e. The third kappa shape index (κ3) is 1.88. The molecule has 4 aliphatic rings. The van der Waals surface area contributed by atoms with Crippen molar-refractivity contribution in [1.82, 2.24) is 15.1 Å². The summed E-state index contributed by atoms with van der Waals surface area (Å²) in [5.41, 5.74) is 0.537. The van der Waals surface area contributed by atoms with Crippen LogP contribution in [0.15, 0.2) is 6.20 Å². The summed E-state index contributed by atoms with van der Waals surface area (Å²) >= 11 is 6.13. The second-order valence-corrected chi connectivity index (χ2v) is 7.48. The molecule has 0 spiro atoms. The number of carbonyl (C=O) groups excluding carboxylic acids is 1. The molecular formula is C15H20ClN3O. The Labute approximate surface area is 123 Å². The first kappa shape index (κ1) is 12.7. The van der Waals surface area contributed by atoms with E-state index in [9.17, 15) is 4.79 Å². The molecule has 0 aromatic carbocycles. The lowest BCUT2D eigenvalue weighted by molar-refractivity contribution is -0.0166. The van der Waals surface area contributed by atoms with E-state index in [0.717, 1.165) is 37.0 Å². The van der Waals surface area contributed by atoms with Gasteiger partial charge in [-0.1, -0.05) is 11.6 Å². The number of aromatic nitrogens is 2. The van der Waals surface area contributed by atoms with Gasteiger partial charge in [-0.25, -0.2) is 0 Å². The zero-order valence-corrected chi connectivity index (χ0v) is 12.5. The molecular weight excluding hydrogens is 274 g/mol. The van der Waals surface area contributed by atoms with E-state index < -0.39 is 0 Å². The molecule has 4 fully saturated rings. The number of amides is 1. The molecule has 5 rings (SSSR count). The number of halogens is 1. The van der Waals surface area contributed by atoms with Crippen LogP contribution in [0.25, 0.3) is 0 Å². The molecule has 0 saturated heterocycles. The van der Waals surface area contributed by atoms with Crippen molar-refractivity contribution in [1.29, 1.82) is 0 Å². The predicted octanol–water partition coefficient (Wildman–Crippen LogP) is 2.77. The molecule has 0 radical (unpaired) electrons. The van der Waals surface area contributed by atoms with Gasteiger partial charge in [0.2, 0.25) is 0 Å². The van der Waals surface area contributed by atoms with Crippen molar-refractivity contribution in [2.75, 3.05) is 0 Å². The van der Waals surface area contributed by atoms with Crippen LogP contribution < -0.4 is 5.32 Å². The lowest BCUT2D eigenvalue weighted by Gasteiger charge is -2.56. The number of nitrogens with one attached hydrogen (secondary N) is 1. The van der Waals surface area contributed by atoms with Gasteiger partial charge in [-0.2, -0.15) is 5.10 Å². The summed E-state index contributed by atoms with van der Waals surface area (Å²) < 4.78 is 1.54. The molecule has 0 unspecified atom stereocenters. The van der Waals surface area contributed by atoms with Crippen molar-refractivity contribution in [3.8, 4) is 0 Å². The molecule has 5 heteroatoms. The highest BCUT2D eigenvalue weighted by atomic mass is 35.5. The van der Waals surface area contributed by atoms with E-state index in [1.807, 2.05) is 0 Å². The molecule has 1 aromatic heterocycles. The highest BCUT2D eigenvalue weighted by Gasteiger charge is 2.51. The van der Waals surface area contributed by atoms with Crippen LogP contribution in [0.3, 0.4) is 0 Å². The van der Waals surface area contributed by atoms with E-state index in [1.165, 1.54) is 23.9 Å². The van der Waals surface area contributed by atoms with Crippen molar-refractivity contribution in [3.05, 3.63) is 16.9 Å². The molecule has 4 aliphatic carbocycles. The second kappa shape index (κ2) is 4.23. The van der Waals surface area contributed by atoms with Crippen molar-refractivity contribution >= 4 is 17.5 Å². The molecule has 1 heterocycles. The van der Waals surface area contributed by atoms with Crippen LogP contribution in [0.1, 0.15) is 48.9 Å². The van der Waals surface area contributed by atoms with Crippen molar-refractivity contribution in [3.63, 3.8) is 0 Å². The van der Waals surface area contributed by atoms with Gasteiger partial charge in [0, 0.05) is 12.6 Å². The van der Waals surface area contributed by atoms with Crippen LogP contribution in [-0.4, -0.2) is 21.2 Å². The fourth-order valence-corrected chi connectivity index (χ4v) is 5.33. The van der Waals surface area contributed by atoms with E-state index in [-0.39, 0.29) is 11.4 Å². The van der Waals surface area contributed by atoms with Gasteiger partial charge in [0.15, 0.2) is 0 Å². The fraction of sp³-hybridized carbons (Fsp3) is 0.733. The summed E-state index contributed by atoms with van der Waals surface area (Å²) in [6.45, 7) is 0. The minimum Gasteiger partial charge on any atom is -0.346 e. The van der Waals surface area contributed by atoms with E-state index in [1.54, 1.807) is 13.2 Å². The molecule has 108 valence electrons. The Morgan fingerprint density at radius 3 is 2.30 bits per heavy atom. The first-order chi connectivity index (χ1) is 9.55. The van der Waals surface area contributed by atoms with Crippen molar-refractivity contribution in [2.24, 2.45) is 24.8 Å². The second-order valence-electron chi connectivity index (χ2n) is 7.12. The molecule has 4 nitrogen and oxygen atoms in total. The molecule has 4 bridgehead atoms. The van der Waals surface area contributed by atoms with Crippen LogP contribution in [-0.2, 0) is 7.05 Å². The van der Waals surface area contributed by atoms with Gasteiger partial charge < -0.3 is 5.32 Å². The fourth-order valence-electron chi connectivity index (χ4n) is 5.15. The first-order valence-electron chi connectivity index (χ1n) is 7.55. The van der Waals surface area contributed by atoms with E-state index in [2.05, 4.69) is 10.4 Å². The minimum absolute atomic E-state index is 0.0327. The lowest BCUT2D eigenvalue weighted by Crippen LogP contribution is -2.59. The summed E-state index contributed by atoms with van der Waals surface area (Å²) in [7, 11) is 1.75. The van der Waals surface area contributed by atoms with E-state index in [0.29, 0.717) is 10.7 Å². The Balaban J connectivity index is 1.57. The van der Waals surface area contributed by atoms with Crippen LogP contribution >= 0.6 is 11.6 Å². The summed E-state index contributed by atoms with van der Waals surface area (Å²) in [5.74, 6) is 2.42. The highest BCUT2D eigenvalue weighted by molar-refractivity contribution is 6.32.